The van der Waals surface area contributed by atoms with E-state index in [2.05, 4.69) is 10.1 Å². The quantitative estimate of drug-likeness (QED) is 0.776. The zero-order valence-electron chi connectivity index (χ0n) is 15.8. The van der Waals surface area contributed by atoms with Crippen molar-refractivity contribution in [1.82, 2.24) is 4.90 Å². The molecule has 7 heteroatoms. The summed E-state index contributed by atoms with van der Waals surface area (Å²) < 4.78 is 10.0. The summed E-state index contributed by atoms with van der Waals surface area (Å²) in [6, 6.07) is 14.0. The molecule has 3 rings (SSSR count). The fourth-order valence-corrected chi connectivity index (χ4v) is 3.23. The molecule has 2 aromatic rings. The molecule has 2 amide bonds. The van der Waals surface area contributed by atoms with Gasteiger partial charge in [0, 0.05) is 30.8 Å². The maximum atomic E-state index is 12.6. The van der Waals surface area contributed by atoms with Gasteiger partial charge in [-0.25, -0.2) is 4.79 Å². The molecule has 1 N–H and O–H groups in total. The van der Waals surface area contributed by atoms with E-state index in [1.807, 2.05) is 24.3 Å². The normalized spacial score (nSPS) is 16.0. The molecule has 1 heterocycles. The van der Waals surface area contributed by atoms with Crippen LogP contribution in [0.25, 0.3) is 0 Å². The maximum absolute atomic E-state index is 12.6. The first kappa shape index (κ1) is 19.4. The number of hydrogen-bond donors (Lipinski definition) is 1. The van der Waals surface area contributed by atoms with Gasteiger partial charge in [0.25, 0.3) is 0 Å². The zero-order valence-corrected chi connectivity index (χ0v) is 15.8. The molecular weight excluding hydrogens is 360 g/mol. The number of ether oxygens (including phenoxy) is 2. The second kappa shape index (κ2) is 8.56. The van der Waals surface area contributed by atoms with E-state index < -0.39 is 11.9 Å². The minimum atomic E-state index is -0.477. The highest BCUT2D eigenvalue weighted by atomic mass is 16.5. The molecule has 1 fully saturated rings. The number of methoxy groups -OCH3 is 2. The Hall–Kier alpha value is -3.35. The Bertz CT molecular complexity index is 896. The van der Waals surface area contributed by atoms with Crippen LogP contribution < -0.4 is 10.1 Å². The number of anilines is 1. The number of hydrogen-bond acceptors (Lipinski definition) is 5. The molecule has 2 aromatic carbocycles. The van der Waals surface area contributed by atoms with Crippen LogP contribution in [-0.2, 0) is 20.9 Å². The number of nitrogens with one attached hydrogen (secondary N) is 1. The Morgan fingerprint density at radius 3 is 2.68 bits per heavy atom. The highest BCUT2D eigenvalue weighted by Gasteiger charge is 2.34. The highest BCUT2D eigenvalue weighted by molar-refractivity contribution is 5.98. The second-order valence-corrected chi connectivity index (χ2v) is 6.55. The molecule has 0 saturated carbocycles. The first-order valence-electron chi connectivity index (χ1n) is 8.90. The summed E-state index contributed by atoms with van der Waals surface area (Å²) in [6.07, 6.45) is 0.150. The molecule has 0 bridgehead atoms. The van der Waals surface area contributed by atoms with E-state index in [4.69, 9.17) is 4.74 Å². The summed E-state index contributed by atoms with van der Waals surface area (Å²) in [4.78, 5) is 38.3. The third-order valence-corrected chi connectivity index (χ3v) is 4.69. The Balaban J connectivity index is 1.65. The monoisotopic (exact) mass is 382 g/mol. The van der Waals surface area contributed by atoms with Gasteiger partial charge in [0.2, 0.25) is 11.8 Å². The van der Waals surface area contributed by atoms with E-state index in [0.717, 1.165) is 5.56 Å². The van der Waals surface area contributed by atoms with E-state index in [1.165, 1.54) is 7.11 Å². The molecule has 0 radical (unpaired) electrons. The van der Waals surface area contributed by atoms with Crippen LogP contribution in [0.15, 0.2) is 48.5 Å². The Labute approximate surface area is 163 Å². The van der Waals surface area contributed by atoms with Gasteiger partial charge >= 0.3 is 5.97 Å². The van der Waals surface area contributed by atoms with Crippen LogP contribution in [0, 0.1) is 5.92 Å². The van der Waals surface area contributed by atoms with Crippen molar-refractivity contribution >= 4 is 23.5 Å². The second-order valence-electron chi connectivity index (χ2n) is 6.55. The number of esters is 1. The highest BCUT2D eigenvalue weighted by Crippen LogP contribution is 2.25. The van der Waals surface area contributed by atoms with Gasteiger partial charge in [0.15, 0.2) is 0 Å². The number of para-hydroxylation sites is 1. The van der Waals surface area contributed by atoms with Crippen molar-refractivity contribution in [1.29, 1.82) is 0 Å². The van der Waals surface area contributed by atoms with Gasteiger partial charge in [-0.05, 0) is 24.3 Å². The van der Waals surface area contributed by atoms with Gasteiger partial charge in [-0.15, -0.1) is 0 Å². The van der Waals surface area contributed by atoms with Crippen LogP contribution in [0.1, 0.15) is 22.3 Å². The molecule has 0 spiro atoms. The van der Waals surface area contributed by atoms with Gasteiger partial charge in [-0.2, -0.15) is 0 Å². The molecule has 1 aliphatic heterocycles. The number of carbonyl (C=O) groups excluding carboxylic acids is 3. The van der Waals surface area contributed by atoms with Crippen molar-refractivity contribution in [2.75, 3.05) is 26.1 Å². The van der Waals surface area contributed by atoms with Crippen molar-refractivity contribution < 1.29 is 23.9 Å². The minimum Gasteiger partial charge on any atom is -0.496 e. The van der Waals surface area contributed by atoms with E-state index >= 15 is 0 Å². The number of amides is 2. The lowest BCUT2D eigenvalue weighted by molar-refractivity contribution is -0.128. The predicted octanol–water partition coefficient (Wildman–Crippen LogP) is 2.47. The molecule has 0 aliphatic carbocycles. The van der Waals surface area contributed by atoms with Gasteiger partial charge in [-0.3, -0.25) is 9.59 Å². The molecule has 1 unspecified atom stereocenters. The maximum Gasteiger partial charge on any atom is 0.337 e. The van der Waals surface area contributed by atoms with Crippen molar-refractivity contribution in [2.24, 2.45) is 5.92 Å². The van der Waals surface area contributed by atoms with Gasteiger partial charge < -0.3 is 19.7 Å². The number of nitrogens with zero attached hydrogens (tertiary/aromatic N) is 1. The van der Waals surface area contributed by atoms with E-state index in [0.29, 0.717) is 30.1 Å². The van der Waals surface area contributed by atoms with Crippen molar-refractivity contribution in [3.05, 3.63) is 59.7 Å². The molecule has 1 saturated heterocycles. The average Bonchev–Trinajstić information content (AvgIpc) is 3.08. The molecule has 1 atom stereocenters. The number of likely N-dealkylation sites (tertiary alicyclic amines) is 1. The fourth-order valence-electron chi connectivity index (χ4n) is 3.23. The lowest BCUT2D eigenvalue weighted by atomic mass is 10.1. The summed E-state index contributed by atoms with van der Waals surface area (Å²) in [7, 11) is 2.89. The van der Waals surface area contributed by atoms with E-state index in [9.17, 15) is 14.4 Å². The van der Waals surface area contributed by atoms with Crippen LogP contribution in [0.4, 0.5) is 5.69 Å². The predicted molar refractivity (Wildman–Crippen MR) is 103 cm³/mol. The first-order valence-corrected chi connectivity index (χ1v) is 8.90. The van der Waals surface area contributed by atoms with Crippen LogP contribution in [0.5, 0.6) is 5.75 Å². The van der Waals surface area contributed by atoms with E-state index in [-0.39, 0.29) is 18.2 Å². The lowest BCUT2D eigenvalue weighted by Gasteiger charge is -2.18. The molecule has 0 aromatic heterocycles. The van der Waals surface area contributed by atoms with Crippen molar-refractivity contribution in [3.63, 3.8) is 0 Å². The van der Waals surface area contributed by atoms with Crippen LogP contribution >= 0.6 is 0 Å². The number of rotatable bonds is 6. The molecule has 28 heavy (non-hydrogen) atoms. The summed E-state index contributed by atoms with van der Waals surface area (Å²) in [5.74, 6) is -0.547. The topological polar surface area (TPSA) is 84.9 Å². The standard InChI is InChI=1S/C21H22N2O5/c1-27-18-9-4-3-6-15(18)12-23-13-16(11-19(23)24)20(25)22-17-8-5-7-14(10-17)21(26)28-2/h3-10,16H,11-13H2,1-2H3,(H,22,25). The Kier molecular flexibility index (Phi) is 5.93. The van der Waals surface area contributed by atoms with Crippen molar-refractivity contribution in [2.45, 2.75) is 13.0 Å². The summed E-state index contributed by atoms with van der Waals surface area (Å²) in [5, 5.41) is 2.78. The van der Waals surface area contributed by atoms with E-state index in [1.54, 1.807) is 36.3 Å². The van der Waals surface area contributed by atoms with Gasteiger partial charge in [0.05, 0.1) is 25.7 Å². The lowest BCUT2D eigenvalue weighted by Crippen LogP contribution is -2.28. The summed E-state index contributed by atoms with van der Waals surface area (Å²) in [5.41, 5.74) is 1.73. The number of carbonyl (C=O) groups is 3. The molecule has 1 aliphatic rings. The Morgan fingerprint density at radius 2 is 1.93 bits per heavy atom. The SMILES string of the molecule is COC(=O)c1cccc(NC(=O)C2CC(=O)N(Cc3ccccc3OC)C2)c1. The smallest absolute Gasteiger partial charge is 0.337 e. The average molecular weight is 382 g/mol. The molecular formula is C21H22N2O5. The van der Waals surface area contributed by atoms with Gasteiger partial charge in [-0.1, -0.05) is 24.3 Å². The fraction of sp³-hybridized carbons (Fsp3) is 0.286. The van der Waals surface area contributed by atoms with Crippen LogP contribution in [0.2, 0.25) is 0 Å². The van der Waals surface area contributed by atoms with Crippen molar-refractivity contribution in [3.8, 4) is 5.75 Å². The largest absolute Gasteiger partial charge is 0.496 e. The summed E-state index contributed by atoms with van der Waals surface area (Å²) >= 11 is 0. The number of benzene rings is 2. The third kappa shape index (κ3) is 4.31. The molecule has 7 nitrogen and oxygen atoms in total. The minimum absolute atomic E-state index is 0.0747. The van der Waals surface area contributed by atoms with Crippen LogP contribution in [0.3, 0.4) is 0 Å². The van der Waals surface area contributed by atoms with Crippen LogP contribution in [-0.4, -0.2) is 43.4 Å². The Morgan fingerprint density at radius 1 is 1.14 bits per heavy atom. The third-order valence-electron chi connectivity index (χ3n) is 4.69. The zero-order chi connectivity index (χ0) is 20.1. The first-order chi connectivity index (χ1) is 13.5. The van der Waals surface area contributed by atoms with Gasteiger partial charge in [0.1, 0.15) is 5.75 Å². The summed E-state index contributed by atoms with van der Waals surface area (Å²) in [6.45, 7) is 0.726. The molecule has 146 valence electrons.